The number of rotatable bonds is 5. The summed E-state index contributed by atoms with van der Waals surface area (Å²) in [5.41, 5.74) is -0.547. The van der Waals surface area contributed by atoms with Gasteiger partial charge in [-0.3, -0.25) is 14.5 Å². The molecule has 2 aromatic carbocycles. The minimum absolute atomic E-state index is 0.0339. The first-order valence-corrected chi connectivity index (χ1v) is 9.54. The average molecular weight is 429 g/mol. The zero-order chi connectivity index (χ0) is 22.2. The van der Waals surface area contributed by atoms with Crippen LogP contribution in [0.4, 0.5) is 17.6 Å². The van der Waals surface area contributed by atoms with Crippen LogP contribution in [-0.4, -0.2) is 39.0 Å². The predicted octanol–water partition coefficient (Wildman–Crippen LogP) is 4.39. The van der Waals surface area contributed by atoms with E-state index in [1.54, 1.807) is 19.2 Å². The fourth-order valence-corrected chi connectivity index (χ4v) is 3.67. The highest BCUT2D eigenvalue weighted by molar-refractivity contribution is 6.15. The van der Waals surface area contributed by atoms with Crippen LogP contribution >= 0.6 is 0 Å². The van der Waals surface area contributed by atoms with Gasteiger partial charge in [-0.25, -0.2) is 4.39 Å². The summed E-state index contributed by atoms with van der Waals surface area (Å²) < 4.78 is 58.1. The summed E-state index contributed by atoms with van der Waals surface area (Å²) >= 11 is 0. The average Bonchev–Trinajstić information content (AvgIpc) is 3.02. The normalized spacial score (nSPS) is 13.4. The second-order valence-electron chi connectivity index (χ2n) is 7.20. The fourth-order valence-electron chi connectivity index (χ4n) is 3.67. The van der Waals surface area contributed by atoms with Crippen LogP contribution in [0.3, 0.4) is 0 Å². The van der Waals surface area contributed by atoms with Gasteiger partial charge in [-0.2, -0.15) is 13.2 Å². The first-order chi connectivity index (χ1) is 14.8. The van der Waals surface area contributed by atoms with Crippen molar-refractivity contribution in [2.24, 2.45) is 4.99 Å². The molecule has 0 radical (unpaired) electrons. The maximum atomic E-state index is 14.6. The standard InChI is InChI=1S/C22H19F4N5/c1-3-11-30(2)13-19-29-28-18-12-27-20(14-7-4-5-10-17(14)23)15-8-6-9-16(22(24,25)26)21(15)31(18)19/h3-10H,1,11-13H2,2H3. The summed E-state index contributed by atoms with van der Waals surface area (Å²) in [6.07, 6.45) is -2.95. The molecule has 0 saturated heterocycles. The Morgan fingerprint density at radius 2 is 1.84 bits per heavy atom. The van der Waals surface area contributed by atoms with Crippen molar-refractivity contribution >= 4 is 5.71 Å². The minimum Gasteiger partial charge on any atom is -0.295 e. The maximum absolute atomic E-state index is 14.6. The van der Waals surface area contributed by atoms with Gasteiger partial charge in [0.25, 0.3) is 0 Å². The Bertz CT molecular complexity index is 1160. The van der Waals surface area contributed by atoms with Crippen molar-refractivity contribution in [3.63, 3.8) is 0 Å². The number of aromatic nitrogens is 3. The van der Waals surface area contributed by atoms with Gasteiger partial charge in [0.1, 0.15) is 12.4 Å². The maximum Gasteiger partial charge on any atom is 0.418 e. The molecule has 31 heavy (non-hydrogen) atoms. The molecule has 0 unspecified atom stereocenters. The Labute approximate surface area is 176 Å². The lowest BCUT2D eigenvalue weighted by atomic mass is 9.97. The van der Waals surface area contributed by atoms with E-state index < -0.39 is 17.6 Å². The first-order valence-electron chi connectivity index (χ1n) is 9.54. The van der Waals surface area contributed by atoms with Crippen molar-refractivity contribution in [3.05, 3.63) is 89.3 Å². The quantitative estimate of drug-likeness (QED) is 0.446. The summed E-state index contributed by atoms with van der Waals surface area (Å²) in [6, 6.07) is 9.72. The lowest BCUT2D eigenvalue weighted by Gasteiger charge is -2.21. The number of halogens is 4. The van der Waals surface area contributed by atoms with Gasteiger partial charge in [0, 0.05) is 17.7 Å². The predicted molar refractivity (Wildman–Crippen MR) is 109 cm³/mol. The monoisotopic (exact) mass is 429 g/mol. The van der Waals surface area contributed by atoms with Crippen LogP contribution < -0.4 is 0 Å². The van der Waals surface area contributed by atoms with E-state index in [0.29, 0.717) is 12.4 Å². The number of hydrogen-bond donors (Lipinski definition) is 0. The van der Waals surface area contributed by atoms with Gasteiger partial charge in [0.2, 0.25) is 0 Å². The molecule has 2 heterocycles. The Hall–Kier alpha value is -3.33. The molecule has 0 amide bonds. The van der Waals surface area contributed by atoms with Crippen molar-refractivity contribution < 1.29 is 17.6 Å². The third kappa shape index (κ3) is 3.88. The first kappa shape index (κ1) is 20.9. The van der Waals surface area contributed by atoms with Crippen LogP contribution in [0.15, 0.2) is 60.1 Å². The van der Waals surface area contributed by atoms with Gasteiger partial charge in [-0.05, 0) is 25.2 Å². The van der Waals surface area contributed by atoms with Gasteiger partial charge in [0.05, 0.1) is 23.5 Å². The van der Waals surface area contributed by atoms with Gasteiger partial charge in [0.15, 0.2) is 11.6 Å². The molecule has 5 nitrogen and oxygen atoms in total. The van der Waals surface area contributed by atoms with Crippen molar-refractivity contribution in [2.75, 3.05) is 13.6 Å². The largest absolute Gasteiger partial charge is 0.418 e. The van der Waals surface area contributed by atoms with E-state index >= 15 is 0 Å². The van der Waals surface area contributed by atoms with Gasteiger partial charge in [-0.1, -0.05) is 30.3 Å². The molecular formula is C22H19F4N5. The number of alkyl halides is 3. The number of nitrogens with zero attached hydrogens (tertiary/aromatic N) is 5. The van der Waals surface area contributed by atoms with Crippen LogP contribution in [0.1, 0.15) is 28.3 Å². The van der Waals surface area contributed by atoms with Crippen LogP contribution in [0.2, 0.25) is 0 Å². The van der Waals surface area contributed by atoms with E-state index in [4.69, 9.17) is 0 Å². The Morgan fingerprint density at radius 3 is 2.55 bits per heavy atom. The molecule has 160 valence electrons. The lowest BCUT2D eigenvalue weighted by molar-refractivity contribution is -0.137. The smallest absolute Gasteiger partial charge is 0.295 e. The molecule has 0 aliphatic carbocycles. The molecule has 0 saturated carbocycles. The Balaban J connectivity index is 1.98. The van der Waals surface area contributed by atoms with Crippen molar-refractivity contribution in [3.8, 4) is 5.69 Å². The molecule has 0 bridgehead atoms. The highest BCUT2D eigenvalue weighted by Crippen LogP contribution is 2.38. The number of fused-ring (bicyclic) bond motifs is 3. The van der Waals surface area contributed by atoms with Gasteiger partial charge >= 0.3 is 6.18 Å². The van der Waals surface area contributed by atoms with E-state index in [1.165, 1.54) is 34.9 Å². The lowest BCUT2D eigenvalue weighted by Crippen LogP contribution is -2.22. The third-order valence-corrected chi connectivity index (χ3v) is 4.98. The van der Waals surface area contributed by atoms with Gasteiger partial charge < -0.3 is 0 Å². The summed E-state index contributed by atoms with van der Waals surface area (Å²) in [5, 5.41) is 8.22. The zero-order valence-corrected chi connectivity index (χ0v) is 16.7. The summed E-state index contributed by atoms with van der Waals surface area (Å²) in [4.78, 5) is 6.30. The number of para-hydroxylation sites is 1. The molecule has 0 fully saturated rings. The van der Waals surface area contributed by atoms with Crippen LogP contribution in [0, 0.1) is 5.82 Å². The van der Waals surface area contributed by atoms with E-state index in [2.05, 4.69) is 21.8 Å². The minimum atomic E-state index is -4.64. The van der Waals surface area contributed by atoms with Crippen molar-refractivity contribution in [1.82, 2.24) is 19.7 Å². The van der Waals surface area contributed by atoms with Gasteiger partial charge in [-0.15, -0.1) is 16.8 Å². The molecule has 0 atom stereocenters. The number of likely N-dealkylation sites (N-methyl/N-ethyl adjacent to an activating group) is 1. The third-order valence-electron chi connectivity index (χ3n) is 4.98. The second kappa shape index (κ2) is 8.07. The van der Waals surface area contributed by atoms with Crippen LogP contribution in [-0.2, 0) is 19.3 Å². The molecule has 0 spiro atoms. The highest BCUT2D eigenvalue weighted by Gasteiger charge is 2.38. The molecule has 9 heteroatoms. The van der Waals surface area contributed by atoms with E-state index in [1.807, 2.05) is 4.90 Å². The summed E-state index contributed by atoms with van der Waals surface area (Å²) in [6.45, 7) is 4.42. The Morgan fingerprint density at radius 1 is 1.10 bits per heavy atom. The number of benzene rings is 2. The molecular weight excluding hydrogens is 410 g/mol. The number of hydrogen-bond acceptors (Lipinski definition) is 4. The molecule has 4 rings (SSSR count). The SMILES string of the molecule is C=CCN(C)Cc1nnc2n1-c1c(cccc1C(F)(F)F)C(c1ccccc1F)=NC2. The van der Waals surface area contributed by atoms with Crippen LogP contribution in [0.25, 0.3) is 5.69 Å². The molecule has 3 aromatic rings. The summed E-state index contributed by atoms with van der Waals surface area (Å²) in [7, 11) is 1.80. The molecule has 1 aliphatic rings. The fraction of sp³-hybridized carbons (Fsp3) is 0.227. The summed E-state index contributed by atoms with van der Waals surface area (Å²) in [5.74, 6) is 0.0294. The topological polar surface area (TPSA) is 46.3 Å². The number of aliphatic imine (C=N–C) groups is 1. The Kier molecular flexibility index (Phi) is 5.45. The van der Waals surface area contributed by atoms with E-state index in [9.17, 15) is 17.6 Å². The highest BCUT2D eigenvalue weighted by atomic mass is 19.4. The molecule has 0 N–H and O–H groups in total. The molecule has 1 aromatic heterocycles. The van der Waals surface area contributed by atoms with Crippen molar-refractivity contribution in [2.45, 2.75) is 19.3 Å². The van der Waals surface area contributed by atoms with E-state index in [-0.39, 0.29) is 41.4 Å². The second-order valence-corrected chi connectivity index (χ2v) is 7.20. The zero-order valence-electron chi connectivity index (χ0n) is 16.7. The molecule has 1 aliphatic heterocycles. The van der Waals surface area contributed by atoms with Crippen LogP contribution in [0.5, 0.6) is 0 Å². The van der Waals surface area contributed by atoms with Crippen molar-refractivity contribution in [1.29, 1.82) is 0 Å². The van der Waals surface area contributed by atoms with E-state index in [0.717, 1.165) is 6.07 Å².